The highest BCUT2D eigenvalue weighted by Crippen LogP contribution is 2.44. The van der Waals surface area contributed by atoms with Crippen LogP contribution in [0.5, 0.6) is 0 Å². The Morgan fingerprint density at radius 3 is 2.21 bits per heavy atom. The number of hydrogen-bond acceptors (Lipinski definition) is 5. The van der Waals surface area contributed by atoms with Crippen LogP contribution < -0.4 is 10.6 Å². The predicted octanol–water partition coefficient (Wildman–Crippen LogP) is 3.62. The first kappa shape index (κ1) is 23.0. The van der Waals surface area contributed by atoms with E-state index in [1.54, 1.807) is 20.9 Å². The molecule has 9 heteroatoms. The highest BCUT2D eigenvalue weighted by molar-refractivity contribution is 6.02. The Balaban J connectivity index is 1.46. The number of aliphatic carboxylic acids is 1. The molecule has 1 atom stereocenters. The number of nitrogens with one attached hydrogen (secondary N) is 2. The zero-order valence-electron chi connectivity index (χ0n) is 19.1. The molecule has 0 radical (unpaired) electrons. The Morgan fingerprint density at radius 1 is 1.06 bits per heavy atom. The topological polar surface area (TPSA) is 123 Å². The van der Waals surface area contributed by atoms with Crippen LogP contribution in [0.15, 0.2) is 54.7 Å². The van der Waals surface area contributed by atoms with Gasteiger partial charge in [-0.3, -0.25) is 14.8 Å². The summed E-state index contributed by atoms with van der Waals surface area (Å²) in [6.07, 6.45) is 0.726. The van der Waals surface area contributed by atoms with Gasteiger partial charge in [0.1, 0.15) is 12.6 Å². The SMILES string of the molecule is CC(C)C(NC(=O)c1nn(C)cc1NC(=O)OCC1c2ccccc2-c2ccccc21)C(=O)O. The zero-order valence-corrected chi connectivity index (χ0v) is 19.1. The summed E-state index contributed by atoms with van der Waals surface area (Å²) in [7, 11) is 1.59. The van der Waals surface area contributed by atoms with Gasteiger partial charge in [-0.2, -0.15) is 5.10 Å². The van der Waals surface area contributed by atoms with E-state index in [-0.39, 0.29) is 29.8 Å². The van der Waals surface area contributed by atoms with E-state index < -0.39 is 24.0 Å². The first-order chi connectivity index (χ1) is 16.3. The molecule has 34 heavy (non-hydrogen) atoms. The Bertz CT molecular complexity index is 1200. The van der Waals surface area contributed by atoms with Crippen LogP contribution in [-0.4, -0.2) is 45.5 Å². The van der Waals surface area contributed by atoms with Crippen molar-refractivity contribution in [3.63, 3.8) is 0 Å². The third-order valence-corrected chi connectivity index (χ3v) is 5.84. The highest BCUT2D eigenvalue weighted by Gasteiger charge is 2.30. The number of benzene rings is 2. The van der Waals surface area contributed by atoms with Crippen molar-refractivity contribution in [1.82, 2.24) is 15.1 Å². The number of anilines is 1. The molecule has 3 N–H and O–H groups in total. The summed E-state index contributed by atoms with van der Waals surface area (Å²) in [6, 6.07) is 14.9. The van der Waals surface area contributed by atoms with E-state index in [0.29, 0.717) is 0 Å². The van der Waals surface area contributed by atoms with Crippen molar-refractivity contribution in [2.75, 3.05) is 11.9 Å². The molecule has 1 unspecified atom stereocenters. The molecule has 1 aromatic heterocycles. The molecule has 1 aliphatic carbocycles. The van der Waals surface area contributed by atoms with Gasteiger partial charge in [-0.25, -0.2) is 9.59 Å². The van der Waals surface area contributed by atoms with E-state index >= 15 is 0 Å². The third-order valence-electron chi connectivity index (χ3n) is 5.84. The summed E-state index contributed by atoms with van der Waals surface area (Å²) in [4.78, 5) is 36.7. The number of carbonyl (C=O) groups is 3. The first-order valence-electron chi connectivity index (χ1n) is 11.0. The summed E-state index contributed by atoms with van der Waals surface area (Å²) in [5, 5.41) is 18.4. The monoisotopic (exact) mass is 462 g/mol. The molecule has 9 nitrogen and oxygen atoms in total. The Hall–Kier alpha value is -4.14. The minimum Gasteiger partial charge on any atom is -0.480 e. The van der Waals surface area contributed by atoms with Crippen LogP contribution in [0.1, 0.15) is 41.4 Å². The number of hydrogen-bond donors (Lipinski definition) is 3. The zero-order chi connectivity index (χ0) is 24.4. The normalized spacial score (nSPS) is 13.2. The number of nitrogens with zero attached hydrogens (tertiary/aromatic N) is 2. The lowest BCUT2D eigenvalue weighted by Crippen LogP contribution is -2.44. The maximum Gasteiger partial charge on any atom is 0.411 e. The van der Waals surface area contributed by atoms with Gasteiger partial charge < -0.3 is 15.2 Å². The van der Waals surface area contributed by atoms with Crippen LogP contribution in [0.25, 0.3) is 11.1 Å². The van der Waals surface area contributed by atoms with Crippen molar-refractivity contribution in [2.24, 2.45) is 13.0 Å². The first-order valence-corrected chi connectivity index (χ1v) is 11.0. The number of carboxylic acid groups (broad SMARTS) is 1. The van der Waals surface area contributed by atoms with Crippen LogP contribution in [0, 0.1) is 5.92 Å². The van der Waals surface area contributed by atoms with Gasteiger partial charge in [0.15, 0.2) is 5.69 Å². The molecular weight excluding hydrogens is 436 g/mol. The molecule has 0 fully saturated rings. The van der Waals surface area contributed by atoms with Crippen LogP contribution in [-0.2, 0) is 16.6 Å². The molecule has 0 bridgehead atoms. The third kappa shape index (κ3) is 4.50. The van der Waals surface area contributed by atoms with Crippen molar-refractivity contribution in [3.05, 3.63) is 71.5 Å². The summed E-state index contributed by atoms with van der Waals surface area (Å²) >= 11 is 0. The Kier molecular flexibility index (Phi) is 6.36. The number of carbonyl (C=O) groups excluding carboxylic acids is 2. The minimum absolute atomic E-state index is 0.0945. The van der Waals surface area contributed by atoms with Crippen molar-refractivity contribution in [3.8, 4) is 11.1 Å². The second kappa shape index (κ2) is 9.38. The molecule has 4 rings (SSSR count). The smallest absolute Gasteiger partial charge is 0.411 e. The van der Waals surface area contributed by atoms with Crippen LogP contribution >= 0.6 is 0 Å². The lowest BCUT2D eigenvalue weighted by atomic mass is 9.98. The van der Waals surface area contributed by atoms with E-state index in [2.05, 4.69) is 27.9 Å². The summed E-state index contributed by atoms with van der Waals surface area (Å²) in [5.41, 5.74) is 4.46. The van der Waals surface area contributed by atoms with Gasteiger partial charge >= 0.3 is 12.1 Å². The van der Waals surface area contributed by atoms with Crippen LogP contribution in [0.3, 0.4) is 0 Å². The molecule has 0 spiro atoms. The van der Waals surface area contributed by atoms with E-state index in [0.717, 1.165) is 22.3 Å². The fourth-order valence-electron chi connectivity index (χ4n) is 4.22. The van der Waals surface area contributed by atoms with Crippen molar-refractivity contribution in [2.45, 2.75) is 25.8 Å². The van der Waals surface area contributed by atoms with E-state index in [4.69, 9.17) is 4.74 Å². The molecule has 1 aliphatic rings. The lowest BCUT2D eigenvalue weighted by Gasteiger charge is -2.17. The number of rotatable bonds is 7. The molecule has 176 valence electrons. The number of ether oxygens (including phenoxy) is 1. The number of carboxylic acids is 1. The van der Waals surface area contributed by atoms with Gasteiger partial charge in [-0.1, -0.05) is 62.4 Å². The molecule has 1 heterocycles. The maximum atomic E-state index is 12.7. The molecule has 0 aliphatic heterocycles. The van der Waals surface area contributed by atoms with Gasteiger partial charge in [0, 0.05) is 19.2 Å². The average molecular weight is 463 g/mol. The van der Waals surface area contributed by atoms with Crippen LogP contribution in [0.4, 0.5) is 10.5 Å². The number of aromatic nitrogens is 2. The van der Waals surface area contributed by atoms with Gasteiger partial charge in [0.25, 0.3) is 5.91 Å². The van der Waals surface area contributed by atoms with Gasteiger partial charge in [0.05, 0.1) is 5.69 Å². The van der Waals surface area contributed by atoms with Gasteiger partial charge in [-0.15, -0.1) is 0 Å². The van der Waals surface area contributed by atoms with Crippen LogP contribution in [0.2, 0.25) is 0 Å². The van der Waals surface area contributed by atoms with E-state index in [1.165, 1.54) is 10.9 Å². The number of amides is 2. The second-order valence-electron chi connectivity index (χ2n) is 8.55. The minimum atomic E-state index is -1.15. The Labute approximate surface area is 196 Å². The average Bonchev–Trinajstić information content (AvgIpc) is 3.33. The summed E-state index contributed by atoms with van der Waals surface area (Å²) < 4.78 is 6.89. The van der Waals surface area contributed by atoms with Crippen molar-refractivity contribution >= 4 is 23.7 Å². The molecule has 2 aromatic carbocycles. The molecular formula is C25H26N4O5. The van der Waals surface area contributed by atoms with E-state index in [9.17, 15) is 19.5 Å². The van der Waals surface area contributed by atoms with E-state index in [1.807, 2.05) is 36.4 Å². The van der Waals surface area contributed by atoms with Gasteiger partial charge in [0.2, 0.25) is 0 Å². The summed E-state index contributed by atoms with van der Waals surface area (Å²) in [5.74, 6) is -2.28. The van der Waals surface area contributed by atoms with Crippen molar-refractivity contribution < 1.29 is 24.2 Å². The molecule has 2 amide bonds. The second-order valence-corrected chi connectivity index (χ2v) is 8.55. The Morgan fingerprint density at radius 2 is 1.65 bits per heavy atom. The quantitative estimate of drug-likeness (QED) is 0.493. The maximum absolute atomic E-state index is 12.7. The standard InChI is InChI=1S/C25H26N4O5/c1-14(2)21(24(31)32)27-23(30)22-20(12-29(3)28-22)26-25(33)34-13-19-17-10-6-4-8-15(17)16-9-5-7-11-18(16)19/h4-12,14,19,21H,13H2,1-3H3,(H,26,33)(H,27,30)(H,31,32). The number of fused-ring (bicyclic) bond motifs is 3. The summed E-state index contributed by atoms with van der Waals surface area (Å²) in [6.45, 7) is 3.50. The fraction of sp³-hybridized carbons (Fsp3) is 0.280. The number of aryl methyl sites for hydroxylation is 1. The highest BCUT2D eigenvalue weighted by atomic mass is 16.5. The predicted molar refractivity (Wildman–Crippen MR) is 126 cm³/mol. The largest absolute Gasteiger partial charge is 0.480 e. The molecule has 3 aromatic rings. The molecule has 0 saturated heterocycles. The van der Waals surface area contributed by atoms with Gasteiger partial charge in [-0.05, 0) is 28.2 Å². The van der Waals surface area contributed by atoms with Crippen molar-refractivity contribution in [1.29, 1.82) is 0 Å². The lowest BCUT2D eigenvalue weighted by molar-refractivity contribution is -0.140. The fourth-order valence-corrected chi connectivity index (χ4v) is 4.22. The molecule has 0 saturated carbocycles.